The van der Waals surface area contributed by atoms with Crippen molar-refractivity contribution in [3.63, 3.8) is 0 Å². The Hall–Kier alpha value is -4.65. The lowest BCUT2D eigenvalue weighted by atomic mass is 9.88. The third-order valence-electron chi connectivity index (χ3n) is 14.7. The Labute approximate surface area is 519 Å². The molecule has 12 nitrogen and oxygen atoms in total. The Kier molecular flexibility index (Phi) is 24.7. The van der Waals surface area contributed by atoms with Crippen LogP contribution in [0.1, 0.15) is 273 Å². The van der Waals surface area contributed by atoms with Gasteiger partial charge in [-0.15, -0.1) is 56.7 Å². The number of hydrogen-bond acceptors (Lipinski definition) is 15. The van der Waals surface area contributed by atoms with Crippen LogP contribution >= 0.6 is 56.7 Å². The molecular formula is C67H93N5O7S5. The maximum atomic E-state index is 12.5. The molecule has 0 spiro atoms. The summed E-state index contributed by atoms with van der Waals surface area (Å²) in [7, 11) is 0. The molecule has 5 aliphatic carbocycles. The molecule has 5 N–H and O–H groups in total. The van der Waals surface area contributed by atoms with Crippen LogP contribution in [0.25, 0.3) is 10.1 Å². The summed E-state index contributed by atoms with van der Waals surface area (Å²) in [5.74, 6) is -0.101. The Morgan fingerprint density at radius 2 is 0.976 bits per heavy atom. The third-order valence-corrected chi connectivity index (χ3v) is 21.2. The van der Waals surface area contributed by atoms with Gasteiger partial charge in [-0.2, -0.15) is 10.2 Å². The SMILES string of the molecule is CC(C)(C)CC(=O)c1cc2c(s1)CCCC2.CC(C)(C)CC(=O)c1sc2c(c1C=O)CCCC2.CC(C)(C)CC(=O)c1sc2c(c1CN=N)CCCC2.CC(C)(C)N.O=C(O)c1cc2c(s1)CCCC2.O=c1[nH]ncc2c3c(sc12)CCCC3. The fourth-order valence-corrected chi connectivity index (χ4v) is 17.2. The first-order valence-corrected chi connectivity index (χ1v) is 34.4. The zero-order chi connectivity index (χ0) is 61.7. The Bertz CT molecular complexity index is 3260. The summed E-state index contributed by atoms with van der Waals surface area (Å²) in [6, 6.07) is 3.98. The number of fused-ring (bicyclic) bond motifs is 7. The van der Waals surface area contributed by atoms with Crippen molar-refractivity contribution in [2.24, 2.45) is 27.1 Å². The van der Waals surface area contributed by atoms with E-state index in [0.29, 0.717) is 46.9 Å². The van der Waals surface area contributed by atoms with Crippen molar-refractivity contribution >= 4 is 96.4 Å². The number of carboxylic acids is 1. The van der Waals surface area contributed by atoms with Gasteiger partial charge in [0.25, 0.3) is 5.56 Å². The van der Waals surface area contributed by atoms with Crippen molar-refractivity contribution in [2.75, 3.05) is 0 Å². The molecule has 0 aromatic carbocycles. The number of nitrogens with one attached hydrogen (secondary N) is 2. The molecule has 0 saturated carbocycles. The van der Waals surface area contributed by atoms with Crippen molar-refractivity contribution in [2.45, 2.75) is 243 Å². The van der Waals surface area contributed by atoms with Crippen LogP contribution < -0.4 is 11.3 Å². The normalized spacial score (nSPS) is 15.3. The van der Waals surface area contributed by atoms with E-state index in [1.165, 1.54) is 129 Å². The smallest absolute Gasteiger partial charge is 0.345 e. The van der Waals surface area contributed by atoms with Crippen molar-refractivity contribution in [1.82, 2.24) is 10.2 Å². The molecule has 6 heterocycles. The highest BCUT2D eigenvalue weighted by atomic mass is 32.1. The van der Waals surface area contributed by atoms with E-state index in [1.54, 1.807) is 51.5 Å². The minimum absolute atomic E-state index is 0. The predicted octanol–water partition coefficient (Wildman–Crippen LogP) is 18.0. The molecular weight excluding hydrogens is 1150 g/mol. The van der Waals surface area contributed by atoms with E-state index in [-0.39, 0.29) is 38.9 Å². The number of rotatable bonds is 10. The van der Waals surface area contributed by atoms with Crippen LogP contribution in [-0.4, -0.2) is 50.4 Å². The molecule has 6 aromatic heterocycles. The second kappa shape index (κ2) is 30.3. The fraction of sp³-hybridized carbons (Fsp3) is 0.597. The second-order valence-electron chi connectivity index (χ2n) is 27.7. The minimum Gasteiger partial charge on any atom is -0.477 e. The molecule has 0 unspecified atom stereocenters. The van der Waals surface area contributed by atoms with Gasteiger partial charge in [0.15, 0.2) is 23.6 Å². The third kappa shape index (κ3) is 20.5. The van der Waals surface area contributed by atoms with E-state index < -0.39 is 5.97 Å². The van der Waals surface area contributed by atoms with Crippen LogP contribution in [0.5, 0.6) is 0 Å². The van der Waals surface area contributed by atoms with E-state index in [0.717, 1.165) is 95.0 Å². The van der Waals surface area contributed by atoms with Gasteiger partial charge in [-0.05, 0) is 205 Å². The lowest BCUT2D eigenvalue weighted by Crippen LogP contribution is -2.26. The molecule has 0 radical (unpaired) electrons. The molecule has 17 heteroatoms. The van der Waals surface area contributed by atoms with Gasteiger partial charge in [0.05, 0.1) is 27.4 Å². The Balaban J connectivity index is 0.000000166. The number of carbonyl (C=O) groups is 5. The molecule has 11 rings (SSSR count). The number of H-pyrrole nitrogens is 1. The first-order chi connectivity index (χ1) is 39.4. The Morgan fingerprint density at radius 3 is 1.46 bits per heavy atom. The number of carbonyl (C=O) groups excluding carboxylic acids is 4. The largest absolute Gasteiger partial charge is 0.477 e. The predicted molar refractivity (Wildman–Crippen MR) is 351 cm³/mol. The monoisotopic (exact) mass is 1240 g/mol. The summed E-state index contributed by atoms with van der Waals surface area (Å²) < 4.78 is 0.854. The molecule has 6 aromatic rings. The van der Waals surface area contributed by atoms with Gasteiger partial charge in [-0.3, -0.25) is 24.0 Å². The molecule has 5 aliphatic rings. The average molecular weight is 1240 g/mol. The first-order valence-electron chi connectivity index (χ1n) is 30.3. The first kappa shape index (κ1) is 68.5. The van der Waals surface area contributed by atoms with E-state index in [2.05, 4.69) is 83.7 Å². The molecule has 458 valence electrons. The second-order valence-corrected chi connectivity index (χ2v) is 33.3. The quantitative estimate of drug-likeness (QED) is 0.0582. The number of ketones is 3. The highest BCUT2D eigenvalue weighted by Gasteiger charge is 2.29. The summed E-state index contributed by atoms with van der Waals surface area (Å²) in [5.41, 5.74) is 20.8. The molecule has 0 amide bonds. The zero-order valence-corrected chi connectivity index (χ0v) is 56.3. The van der Waals surface area contributed by atoms with Crippen molar-refractivity contribution in [1.29, 1.82) is 5.53 Å². The number of nitrogens with zero attached hydrogens (tertiary/aromatic N) is 2. The topological polar surface area (TPSA) is 214 Å². The summed E-state index contributed by atoms with van der Waals surface area (Å²) in [6.07, 6.45) is 27.5. The highest BCUT2D eigenvalue weighted by Crippen LogP contribution is 2.39. The number of thiophene rings is 5. The maximum absolute atomic E-state index is 12.5. The molecule has 0 aliphatic heterocycles. The summed E-state index contributed by atoms with van der Waals surface area (Å²) in [4.78, 5) is 80.1. The number of aromatic nitrogens is 2. The summed E-state index contributed by atoms with van der Waals surface area (Å²) >= 11 is 8.03. The fourth-order valence-electron chi connectivity index (χ4n) is 11.0. The van der Waals surface area contributed by atoms with E-state index in [9.17, 15) is 28.8 Å². The maximum Gasteiger partial charge on any atom is 0.345 e. The van der Waals surface area contributed by atoms with Crippen LogP contribution in [0, 0.1) is 21.8 Å². The number of aromatic carboxylic acids is 1. The lowest BCUT2D eigenvalue weighted by molar-refractivity contribution is 0.0700. The van der Waals surface area contributed by atoms with Crippen molar-refractivity contribution in [3.05, 3.63) is 112 Å². The number of aromatic amines is 1. The minimum atomic E-state index is -0.783. The van der Waals surface area contributed by atoms with Crippen molar-refractivity contribution in [3.8, 4) is 0 Å². The number of Topliss-reactive ketones (excluding diaryl/α,β-unsaturated/α-hetero) is 3. The zero-order valence-electron chi connectivity index (χ0n) is 52.2. The Morgan fingerprint density at radius 1 is 0.571 bits per heavy atom. The molecule has 0 bridgehead atoms. The van der Waals surface area contributed by atoms with E-state index >= 15 is 0 Å². The van der Waals surface area contributed by atoms with E-state index in [1.807, 2.05) is 26.8 Å². The van der Waals surface area contributed by atoms with Gasteiger partial charge in [-0.25, -0.2) is 15.4 Å². The van der Waals surface area contributed by atoms with Crippen LogP contribution in [0.15, 0.2) is 28.2 Å². The van der Waals surface area contributed by atoms with Gasteiger partial charge in [-0.1, -0.05) is 62.3 Å². The van der Waals surface area contributed by atoms with Gasteiger partial charge in [0, 0.05) is 65.7 Å². The number of aldehydes is 1. The van der Waals surface area contributed by atoms with Crippen molar-refractivity contribution < 1.29 is 29.1 Å². The van der Waals surface area contributed by atoms with Gasteiger partial charge >= 0.3 is 5.97 Å². The number of hydrogen-bond donors (Lipinski definition) is 4. The standard InChI is InChI=1S/C15H22N2OS.C15H20O2S.C14H20OS.C10H10N2OS.C9H10O2S.C4H11N/c1-15(2,3)8-12(18)14-11(9-17-16)10-6-4-5-7-13(10)19-14;1-15(2,3)8-12(17)14-11(9-16)10-6-4-5-7-13(10)18-14;1-14(2,3)9-11(15)13-8-10-6-4-5-7-12(10)16-13;13-10-9-7(5-11-12-10)6-3-1-2-4-8(6)14-9;10-9(11)8-5-6-3-1-2-4-7(6)12-8;1-4(2,3)5/h16H,4-9H2,1-3H3;9H,4-8H2,1-3H3;8H,4-7,9H2,1-3H3;5H,1-4H2,(H,12,13);5H,1-4H2,(H,10,11);5H2,1-3H3. The number of nitrogens with two attached hydrogens (primary N) is 1. The molecule has 0 saturated heterocycles. The lowest BCUT2D eigenvalue weighted by Gasteiger charge is -2.16. The highest BCUT2D eigenvalue weighted by molar-refractivity contribution is 7.19. The van der Waals surface area contributed by atoms with Crippen LogP contribution in [-0.2, 0) is 70.8 Å². The number of aryl methyl sites for hydroxylation is 8. The van der Waals surface area contributed by atoms with Crippen LogP contribution in [0.2, 0.25) is 0 Å². The average Bonchev–Trinajstić information content (AvgIpc) is 4.40. The van der Waals surface area contributed by atoms with Crippen LogP contribution in [0.4, 0.5) is 0 Å². The van der Waals surface area contributed by atoms with Gasteiger partial charge < -0.3 is 10.8 Å². The summed E-state index contributed by atoms with van der Waals surface area (Å²) in [6.45, 7) is 25.1. The van der Waals surface area contributed by atoms with E-state index in [4.69, 9.17) is 16.4 Å². The van der Waals surface area contributed by atoms with Crippen LogP contribution in [0.3, 0.4) is 0 Å². The van der Waals surface area contributed by atoms with Gasteiger partial charge in [0.2, 0.25) is 0 Å². The van der Waals surface area contributed by atoms with Gasteiger partial charge in [0.1, 0.15) is 9.58 Å². The molecule has 0 atom stereocenters. The number of carboxylic acid groups (broad SMARTS) is 1. The molecule has 84 heavy (non-hydrogen) atoms. The molecule has 0 fully saturated rings. The summed E-state index contributed by atoms with van der Waals surface area (Å²) in [5, 5.41) is 19.7.